The molecule has 0 fully saturated rings. The molecule has 0 nitrogen and oxygen atoms in total. The Balaban J connectivity index is 2.73. The summed E-state index contributed by atoms with van der Waals surface area (Å²) in [6, 6.07) is 8.51. The van der Waals surface area contributed by atoms with Crippen molar-refractivity contribution in [2.75, 3.05) is 0 Å². The van der Waals surface area contributed by atoms with Crippen LogP contribution >= 0.6 is 58.0 Å². The summed E-state index contributed by atoms with van der Waals surface area (Å²) in [6.07, 6.45) is 0. The molecule has 0 N–H and O–H groups in total. The molecule has 2 rings (SSSR count). The van der Waals surface area contributed by atoms with Gasteiger partial charge in [0.25, 0.3) is 0 Å². The molecule has 0 aliphatic rings. The van der Waals surface area contributed by atoms with Gasteiger partial charge in [0.05, 0.1) is 20.1 Å². The summed E-state index contributed by atoms with van der Waals surface area (Å²) in [4.78, 5) is 0. The molecule has 0 atom stereocenters. The third kappa shape index (κ3) is 2.67. The van der Waals surface area contributed by atoms with Gasteiger partial charge in [-0.15, -0.1) is 0 Å². The second-order valence-corrected chi connectivity index (χ2v) is 5.38. The highest BCUT2D eigenvalue weighted by Crippen LogP contribution is 2.42. The summed E-state index contributed by atoms with van der Waals surface area (Å²) in [5.41, 5.74) is 1.32. The summed E-state index contributed by atoms with van der Waals surface area (Å²) in [7, 11) is 0. The molecule has 2 aromatic carbocycles. The summed E-state index contributed by atoms with van der Waals surface area (Å²) in [5.74, 6) is 0. The van der Waals surface area contributed by atoms with Gasteiger partial charge in [-0.25, -0.2) is 0 Å². The minimum Gasteiger partial charge on any atom is -0.0842 e. The van der Waals surface area contributed by atoms with Gasteiger partial charge in [-0.2, -0.15) is 0 Å². The number of benzene rings is 2. The zero-order valence-electron chi connectivity index (χ0n) is 8.28. The van der Waals surface area contributed by atoms with Gasteiger partial charge in [-0.05, 0) is 18.2 Å². The Morgan fingerprint density at radius 3 is 1.88 bits per heavy atom. The molecule has 88 valence electrons. The quantitative estimate of drug-likeness (QED) is 0.552. The largest absolute Gasteiger partial charge is 0.0842 e. The van der Waals surface area contributed by atoms with Gasteiger partial charge in [-0.1, -0.05) is 70.1 Å². The lowest BCUT2D eigenvalue weighted by Crippen LogP contribution is -1.84. The minimum atomic E-state index is 0.417. The van der Waals surface area contributed by atoms with Gasteiger partial charge in [-0.3, -0.25) is 0 Å². The van der Waals surface area contributed by atoms with Gasteiger partial charge in [0.15, 0.2) is 0 Å². The van der Waals surface area contributed by atoms with Crippen LogP contribution in [0, 0.1) is 0 Å². The topological polar surface area (TPSA) is 0 Å². The lowest BCUT2D eigenvalue weighted by Gasteiger charge is -2.10. The first-order valence-electron chi connectivity index (χ1n) is 4.59. The van der Waals surface area contributed by atoms with Crippen LogP contribution in [-0.4, -0.2) is 0 Å². The Bertz CT molecular complexity index is 554. The monoisotopic (exact) mass is 324 g/mol. The van der Waals surface area contributed by atoms with Crippen molar-refractivity contribution in [3.8, 4) is 11.1 Å². The normalized spacial score (nSPS) is 10.6. The van der Waals surface area contributed by atoms with Crippen LogP contribution in [0.3, 0.4) is 0 Å². The molecule has 0 radical (unpaired) electrons. The van der Waals surface area contributed by atoms with Crippen molar-refractivity contribution >= 4 is 58.0 Å². The second-order valence-electron chi connectivity index (χ2n) is 3.35. The van der Waals surface area contributed by atoms with Crippen molar-refractivity contribution in [2.24, 2.45) is 0 Å². The van der Waals surface area contributed by atoms with Crippen molar-refractivity contribution in [3.05, 3.63) is 55.4 Å². The van der Waals surface area contributed by atoms with E-state index in [1.54, 1.807) is 30.3 Å². The van der Waals surface area contributed by atoms with E-state index in [4.69, 9.17) is 58.0 Å². The number of rotatable bonds is 1. The van der Waals surface area contributed by atoms with Crippen LogP contribution in [0.1, 0.15) is 0 Å². The Morgan fingerprint density at radius 2 is 1.29 bits per heavy atom. The summed E-state index contributed by atoms with van der Waals surface area (Å²) in [6.45, 7) is 0. The molecule has 0 unspecified atom stereocenters. The van der Waals surface area contributed by atoms with E-state index in [-0.39, 0.29) is 0 Å². The average Bonchev–Trinajstić information content (AvgIpc) is 2.23. The first-order valence-corrected chi connectivity index (χ1v) is 6.48. The van der Waals surface area contributed by atoms with E-state index in [1.807, 2.05) is 0 Å². The number of halogens is 5. The zero-order valence-corrected chi connectivity index (χ0v) is 12.1. The fourth-order valence-electron chi connectivity index (χ4n) is 1.50. The highest BCUT2D eigenvalue weighted by atomic mass is 35.5. The zero-order chi connectivity index (χ0) is 12.6. The van der Waals surface area contributed by atoms with Crippen LogP contribution in [0.15, 0.2) is 30.3 Å². The predicted octanol–water partition coefficient (Wildman–Crippen LogP) is 6.62. The molecule has 0 heterocycles. The van der Waals surface area contributed by atoms with Gasteiger partial charge in [0.1, 0.15) is 0 Å². The van der Waals surface area contributed by atoms with Gasteiger partial charge in [0.2, 0.25) is 0 Å². The van der Waals surface area contributed by atoms with Crippen LogP contribution in [0.25, 0.3) is 11.1 Å². The molecule has 0 aliphatic heterocycles. The van der Waals surface area contributed by atoms with Gasteiger partial charge < -0.3 is 0 Å². The highest BCUT2D eigenvalue weighted by Gasteiger charge is 2.14. The molecule has 0 bridgehead atoms. The molecular formula is C12H5Cl5. The predicted molar refractivity (Wildman–Crippen MR) is 76.9 cm³/mol. The van der Waals surface area contributed by atoms with E-state index in [0.717, 1.165) is 0 Å². The Kier molecular flexibility index (Phi) is 4.12. The SMILES string of the molecule is Clc1cc(Cl)c(-c2cccc(Cl)c2Cl)c(Cl)c1. The number of hydrogen-bond acceptors (Lipinski definition) is 0. The third-order valence-corrected chi connectivity index (χ3v) is 3.86. The molecule has 0 saturated heterocycles. The maximum atomic E-state index is 6.13. The van der Waals surface area contributed by atoms with Crippen LogP contribution in [0.4, 0.5) is 0 Å². The van der Waals surface area contributed by atoms with Crippen molar-refractivity contribution < 1.29 is 0 Å². The molecule has 5 heteroatoms. The van der Waals surface area contributed by atoms with E-state index in [9.17, 15) is 0 Å². The van der Waals surface area contributed by atoms with Crippen molar-refractivity contribution in [2.45, 2.75) is 0 Å². The summed E-state index contributed by atoms with van der Waals surface area (Å²) in [5, 5.41) is 2.21. The van der Waals surface area contributed by atoms with E-state index in [1.165, 1.54) is 0 Å². The molecule has 17 heavy (non-hydrogen) atoms. The first kappa shape index (κ1) is 13.3. The first-order chi connectivity index (χ1) is 8.00. The van der Waals surface area contributed by atoms with Gasteiger partial charge >= 0.3 is 0 Å². The van der Waals surface area contributed by atoms with E-state index < -0.39 is 0 Å². The highest BCUT2D eigenvalue weighted by molar-refractivity contribution is 6.46. The molecule has 0 aromatic heterocycles. The number of hydrogen-bond donors (Lipinski definition) is 0. The van der Waals surface area contributed by atoms with Crippen LogP contribution < -0.4 is 0 Å². The Morgan fingerprint density at radius 1 is 0.706 bits per heavy atom. The van der Waals surface area contributed by atoms with Crippen LogP contribution in [-0.2, 0) is 0 Å². The van der Waals surface area contributed by atoms with Crippen molar-refractivity contribution in [1.82, 2.24) is 0 Å². The summed E-state index contributed by atoms with van der Waals surface area (Å²) >= 11 is 30.2. The Hall–Kier alpha value is -0.110. The minimum absolute atomic E-state index is 0.417. The lowest BCUT2D eigenvalue weighted by molar-refractivity contribution is 1.61. The maximum Gasteiger partial charge on any atom is 0.0671 e. The summed E-state index contributed by atoms with van der Waals surface area (Å²) < 4.78 is 0. The molecular weight excluding hydrogens is 321 g/mol. The van der Waals surface area contributed by atoms with E-state index in [2.05, 4.69) is 0 Å². The third-order valence-electron chi connectivity index (χ3n) is 2.23. The van der Waals surface area contributed by atoms with Crippen molar-refractivity contribution in [1.29, 1.82) is 0 Å². The lowest BCUT2D eigenvalue weighted by atomic mass is 10.1. The smallest absolute Gasteiger partial charge is 0.0671 e. The van der Waals surface area contributed by atoms with E-state index >= 15 is 0 Å². The fourth-order valence-corrected chi connectivity index (χ4v) is 2.91. The van der Waals surface area contributed by atoms with Crippen molar-refractivity contribution in [3.63, 3.8) is 0 Å². The maximum absolute atomic E-state index is 6.13. The standard InChI is InChI=1S/C12H5Cl5/c13-6-4-9(15)11(10(16)5-6)7-2-1-3-8(14)12(7)17/h1-5H. The molecule has 2 aromatic rings. The Labute approximate surface area is 124 Å². The molecule has 0 spiro atoms. The molecule has 0 saturated carbocycles. The second kappa shape index (κ2) is 5.26. The van der Waals surface area contributed by atoms with Gasteiger partial charge in [0, 0.05) is 16.1 Å². The van der Waals surface area contributed by atoms with Crippen LogP contribution in [0.2, 0.25) is 25.1 Å². The van der Waals surface area contributed by atoms with Crippen LogP contribution in [0.5, 0.6) is 0 Å². The molecule has 0 amide bonds. The van der Waals surface area contributed by atoms with E-state index in [0.29, 0.717) is 36.2 Å². The molecule has 0 aliphatic carbocycles. The average molecular weight is 326 g/mol. The fraction of sp³-hybridized carbons (Fsp3) is 0.